The van der Waals surface area contributed by atoms with Crippen LogP contribution in [-0.4, -0.2) is 16.2 Å². The molecular weight excluding hydrogens is 277 g/mol. The van der Waals surface area contributed by atoms with Crippen molar-refractivity contribution in [1.82, 2.24) is 9.97 Å². The summed E-state index contributed by atoms with van der Waals surface area (Å²) in [6, 6.07) is 6.13. The fourth-order valence-corrected chi connectivity index (χ4v) is 1.68. The van der Waals surface area contributed by atoms with E-state index in [0.717, 1.165) is 12.1 Å². The molecule has 0 spiro atoms. The average Bonchev–Trinajstić information content (AvgIpc) is 2.38. The van der Waals surface area contributed by atoms with E-state index < -0.39 is 11.7 Å². The molecule has 100 valence electrons. The quantitative estimate of drug-likeness (QED) is 0.631. The van der Waals surface area contributed by atoms with Gasteiger partial charge in [0.1, 0.15) is 5.75 Å². The van der Waals surface area contributed by atoms with Crippen molar-refractivity contribution in [2.75, 3.05) is 6.26 Å². The van der Waals surface area contributed by atoms with Gasteiger partial charge >= 0.3 is 6.18 Å². The summed E-state index contributed by atoms with van der Waals surface area (Å²) >= 11 is 1.32. The second-order valence-corrected chi connectivity index (χ2v) is 4.28. The van der Waals surface area contributed by atoms with Gasteiger partial charge in [-0.15, -0.1) is 0 Å². The second-order valence-electron chi connectivity index (χ2n) is 3.51. The summed E-state index contributed by atoms with van der Waals surface area (Å²) in [5.41, 5.74) is -0.760. The highest BCUT2D eigenvalue weighted by Gasteiger charge is 2.30. The second kappa shape index (κ2) is 5.48. The number of alkyl halides is 3. The Kier molecular flexibility index (Phi) is 3.94. The third kappa shape index (κ3) is 3.60. The first-order chi connectivity index (χ1) is 8.99. The minimum atomic E-state index is -4.39. The van der Waals surface area contributed by atoms with Crippen molar-refractivity contribution < 1.29 is 17.9 Å². The number of hydrogen-bond acceptors (Lipinski definition) is 4. The fraction of sp³-hybridized carbons (Fsp3) is 0.167. The summed E-state index contributed by atoms with van der Waals surface area (Å²) in [7, 11) is 0. The first kappa shape index (κ1) is 13.7. The summed E-state index contributed by atoms with van der Waals surface area (Å²) in [4.78, 5) is 7.97. The monoisotopic (exact) mass is 286 g/mol. The predicted octanol–water partition coefficient (Wildman–Crippen LogP) is 4.01. The molecule has 0 N–H and O–H groups in total. The van der Waals surface area contributed by atoms with Gasteiger partial charge in [0.2, 0.25) is 5.88 Å². The number of nitrogens with zero attached hydrogens (tertiary/aromatic N) is 2. The van der Waals surface area contributed by atoms with E-state index in [0.29, 0.717) is 5.16 Å². The van der Waals surface area contributed by atoms with Gasteiger partial charge in [-0.3, -0.25) is 0 Å². The standard InChI is InChI=1S/C12H9F3N2OS/c1-19-11-16-6-5-10(17-11)18-9-4-2-3-8(7-9)12(13,14)15/h2-7H,1H3. The Bertz CT molecular complexity index is 575. The van der Waals surface area contributed by atoms with Gasteiger partial charge in [-0.1, -0.05) is 17.8 Å². The molecule has 0 saturated carbocycles. The summed E-state index contributed by atoms with van der Waals surface area (Å²) in [5, 5.41) is 0.490. The molecule has 0 radical (unpaired) electrons. The Morgan fingerprint density at radius 2 is 2.00 bits per heavy atom. The Labute approximate surface area is 111 Å². The van der Waals surface area contributed by atoms with Crippen molar-refractivity contribution in [3.05, 3.63) is 42.1 Å². The molecule has 0 aliphatic carbocycles. The SMILES string of the molecule is CSc1nccc(Oc2cccc(C(F)(F)F)c2)n1. The van der Waals surface area contributed by atoms with Gasteiger partial charge in [0, 0.05) is 12.3 Å². The molecule has 0 fully saturated rings. The maximum atomic E-state index is 12.5. The van der Waals surface area contributed by atoms with Gasteiger partial charge in [-0.2, -0.15) is 18.2 Å². The molecule has 2 rings (SSSR count). The van der Waals surface area contributed by atoms with Crippen molar-refractivity contribution in [2.24, 2.45) is 0 Å². The minimum absolute atomic E-state index is 0.0839. The molecule has 19 heavy (non-hydrogen) atoms. The topological polar surface area (TPSA) is 35.0 Å². The van der Waals surface area contributed by atoms with Crippen molar-refractivity contribution in [3.63, 3.8) is 0 Å². The van der Waals surface area contributed by atoms with Crippen LogP contribution in [-0.2, 0) is 6.18 Å². The third-order valence-electron chi connectivity index (χ3n) is 2.17. The Morgan fingerprint density at radius 3 is 2.68 bits per heavy atom. The zero-order valence-electron chi connectivity index (χ0n) is 9.81. The summed E-state index contributed by atoms with van der Waals surface area (Å²) in [5.74, 6) is 0.291. The molecule has 0 amide bonds. The van der Waals surface area contributed by atoms with Crippen LogP contribution < -0.4 is 4.74 Å². The molecule has 2 aromatic rings. The van der Waals surface area contributed by atoms with Gasteiger partial charge in [-0.25, -0.2) is 4.98 Å². The third-order valence-corrected chi connectivity index (χ3v) is 2.74. The Hall–Kier alpha value is -1.76. The molecule has 0 aliphatic heterocycles. The fourth-order valence-electron chi connectivity index (χ4n) is 1.34. The van der Waals surface area contributed by atoms with E-state index >= 15 is 0 Å². The van der Waals surface area contributed by atoms with E-state index in [1.807, 2.05) is 0 Å². The maximum Gasteiger partial charge on any atom is 0.416 e. The molecule has 1 aromatic carbocycles. The first-order valence-electron chi connectivity index (χ1n) is 5.21. The summed E-state index contributed by atoms with van der Waals surface area (Å²) < 4.78 is 42.9. The van der Waals surface area contributed by atoms with Crippen molar-refractivity contribution in [3.8, 4) is 11.6 Å². The number of rotatable bonds is 3. The van der Waals surface area contributed by atoms with Crippen LogP contribution in [0.25, 0.3) is 0 Å². The lowest BCUT2D eigenvalue weighted by Crippen LogP contribution is -2.04. The van der Waals surface area contributed by atoms with Crippen LogP contribution in [0.2, 0.25) is 0 Å². The van der Waals surface area contributed by atoms with Crippen molar-refractivity contribution in [2.45, 2.75) is 11.3 Å². The Balaban J connectivity index is 2.23. The molecule has 0 bridgehead atoms. The number of benzene rings is 1. The molecule has 0 unspecified atom stereocenters. The van der Waals surface area contributed by atoms with Crippen LogP contribution in [0.15, 0.2) is 41.7 Å². The molecule has 0 atom stereocenters. The molecule has 7 heteroatoms. The van der Waals surface area contributed by atoms with E-state index in [2.05, 4.69) is 9.97 Å². The molecular formula is C12H9F3N2OS. The highest BCUT2D eigenvalue weighted by Crippen LogP contribution is 2.32. The van der Waals surface area contributed by atoms with Crippen LogP contribution in [0.4, 0.5) is 13.2 Å². The number of thioether (sulfide) groups is 1. The number of aromatic nitrogens is 2. The lowest BCUT2D eigenvalue weighted by molar-refractivity contribution is -0.137. The number of halogens is 3. The number of hydrogen-bond donors (Lipinski definition) is 0. The maximum absolute atomic E-state index is 12.5. The average molecular weight is 286 g/mol. The lowest BCUT2D eigenvalue weighted by atomic mass is 10.2. The van der Waals surface area contributed by atoms with Gasteiger partial charge in [-0.05, 0) is 24.5 Å². The minimum Gasteiger partial charge on any atom is -0.439 e. The first-order valence-corrected chi connectivity index (χ1v) is 6.43. The van der Waals surface area contributed by atoms with E-state index in [9.17, 15) is 13.2 Å². The van der Waals surface area contributed by atoms with Gasteiger partial charge in [0.25, 0.3) is 0 Å². The normalized spacial score (nSPS) is 11.4. The molecule has 1 aromatic heterocycles. The van der Waals surface area contributed by atoms with Crippen LogP contribution in [0.5, 0.6) is 11.6 Å². The highest BCUT2D eigenvalue weighted by molar-refractivity contribution is 7.98. The van der Waals surface area contributed by atoms with E-state index in [4.69, 9.17) is 4.74 Å². The predicted molar refractivity (Wildman–Crippen MR) is 65.3 cm³/mol. The van der Waals surface area contributed by atoms with Crippen molar-refractivity contribution in [1.29, 1.82) is 0 Å². The van der Waals surface area contributed by atoms with Crippen LogP contribution in [0, 0.1) is 0 Å². The molecule has 3 nitrogen and oxygen atoms in total. The van der Waals surface area contributed by atoms with Crippen LogP contribution in [0.3, 0.4) is 0 Å². The van der Waals surface area contributed by atoms with E-state index in [1.165, 1.54) is 36.2 Å². The van der Waals surface area contributed by atoms with Crippen molar-refractivity contribution >= 4 is 11.8 Å². The summed E-state index contributed by atoms with van der Waals surface area (Å²) in [6.45, 7) is 0. The smallest absolute Gasteiger partial charge is 0.416 e. The van der Waals surface area contributed by atoms with Gasteiger partial charge in [0.05, 0.1) is 5.56 Å². The lowest BCUT2D eigenvalue weighted by Gasteiger charge is -2.09. The Morgan fingerprint density at radius 1 is 1.21 bits per heavy atom. The van der Waals surface area contributed by atoms with Gasteiger partial charge < -0.3 is 4.74 Å². The molecule has 0 saturated heterocycles. The molecule has 0 aliphatic rings. The van der Waals surface area contributed by atoms with Crippen LogP contribution in [0.1, 0.15) is 5.56 Å². The largest absolute Gasteiger partial charge is 0.439 e. The van der Waals surface area contributed by atoms with Crippen LogP contribution >= 0.6 is 11.8 Å². The molecule has 1 heterocycles. The highest BCUT2D eigenvalue weighted by atomic mass is 32.2. The van der Waals surface area contributed by atoms with Gasteiger partial charge in [0.15, 0.2) is 5.16 Å². The van der Waals surface area contributed by atoms with E-state index in [-0.39, 0.29) is 11.6 Å². The zero-order valence-corrected chi connectivity index (χ0v) is 10.6. The number of ether oxygens (including phenoxy) is 1. The van der Waals surface area contributed by atoms with E-state index in [1.54, 1.807) is 6.26 Å². The zero-order chi connectivity index (χ0) is 13.9. The summed E-state index contributed by atoms with van der Waals surface area (Å²) in [6.07, 6.45) is -1.11.